The molecule has 1 fully saturated rings. The van der Waals surface area contributed by atoms with Crippen molar-refractivity contribution in [2.75, 3.05) is 33.2 Å². The molecule has 2 rings (SSSR count). The molecule has 0 N–H and O–H groups in total. The van der Waals surface area contributed by atoms with E-state index in [9.17, 15) is 0 Å². The summed E-state index contributed by atoms with van der Waals surface area (Å²) in [6, 6.07) is 12.1. The predicted molar refractivity (Wildman–Crippen MR) is 63.5 cm³/mol. The van der Waals surface area contributed by atoms with Gasteiger partial charge in [0.2, 0.25) is 0 Å². The molecule has 15 heavy (non-hydrogen) atoms. The minimum absolute atomic E-state index is 1.15. The van der Waals surface area contributed by atoms with Crippen molar-refractivity contribution in [1.82, 2.24) is 9.80 Å². The van der Waals surface area contributed by atoms with E-state index in [4.69, 9.17) is 0 Å². The van der Waals surface area contributed by atoms with Gasteiger partial charge >= 0.3 is 0 Å². The van der Waals surface area contributed by atoms with Gasteiger partial charge in [-0.2, -0.15) is 0 Å². The third kappa shape index (κ3) is 2.58. The summed E-state index contributed by atoms with van der Waals surface area (Å²) in [5.41, 5.74) is 1.35. The van der Waals surface area contributed by atoms with Gasteiger partial charge in [0.25, 0.3) is 0 Å². The lowest BCUT2D eigenvalue weighted by atomic mass is 10.1. The summed E-state index contributed by atoms with van der Waals surface area (Å²) in [5.74, 6) is 0. The Bertz CT molecular complexity index is 289. The van der Waals surface area contributed by atoms with Gasteiger partial charge < -0.3 is 4.90 Å². The van der Waals surface area contributed by atoms with Gasteiger partial charge in [-0.05, 0) is 19.5 Å². The standard InChI is InChI=1S/C13H19N2/c1-12(13-6-4-3-5-7-13)15-10-8-14(2)9-11-15/h3-7H,8-11H2,1-2H3. The van der Waals surface area contributed by atoms with Crippen molar-refractivity contribution < 1.29 is 0 Å². The van der Waals surface area contributed by atoms with E-state index < -0.39 is 0 Å². The molecule has 0 amide bonds. The molecule has 0 aliphatic carbocycles. The molecular weight excluding hydrogens is 184 g/mol. The second-order valence-corrected chi connectivity index (χ2v) is 4.24. The van der Waals surface area contributed by atoms with Gasteiger partial charge in [-0.15, -0.1) is 0 Å². The Hall–Kier alpha value is -0.860. The van der Waals surface area contributed by atoms with Crippen LogP contribution in [0.1, 0.15) is 12.5 Å². The van der Waals surface area contributed by atoms with Crippen molar-refractivity contribution in [2.24, 2.45) is 0 Å². The van der Waals surface area contributed by atoms with Gasteiger partial charge in [0.15, 0.2) is 0 Å². The van der Waals surface area contributed by atoms with E-state index in [1.54, 1.807) is 0 Å². The Morgan fingerprint density at radius 1 is 1.00 bits per heavy atom. The summed E-state index contributed by atoms with van der Waals surface area (Å²) in [6.07, 6.45) is 0. The van der Waals surface area contributed by atoms with Crippen LogP contribution in [0.5, 0.6) is 0 Å². The van der Waals surface area contributed by atoms with E-state index in [1.807, 2.05) is 0 Å². The monoisotopic (exact) mass is 203 g/mol. The molecule has 1 aromatic rings. The number of rotatable bonds is 2. The van der Waals surface area contributed by atoms with E-state index in [2.05, 4.69) is 54.1 Å². The van der Waals surface area contributed by atoms with E-state index in [0.29, 0.717) is 0 Å². The molecule has 0 bridgehead atoms. The van der Waals surface area contributed by atoms with Gasteiger partial charge in [-0.1, -0.05) is 30.3 Å². The lowest BCUT2D eigenvalue weighted by Gasteiger charge is -2.36. The fourth-order valence-electron chi connectivity index (χ4n) is 2.00. The number of hydrogen-bond acceptors (Lipinski definition) is 2. The predicted octanol–water partition coefficient (Wildman–Crippen LogP) is 1.83. The highest BCUT2D eigenvalue weighted by Crippen LogP contribution is 2.19. The largest absolute Gasteiger partial charge is 0.304 e. The highest BCUT2D eigenvalue weighted by atomic mass is 15.3. The highest BCUT2D eigenvalue weighted by Gasteiger charge is 2.20. The van der Waals surface area contributed by atoms with Crippen molar-refractivity contribution in [3.05, 3.63) is 41.9 Å². The Labute approximate surface area is 92.5 Å². The fourth-order valence-corrected chi connectivity index (χ4v) is 2.00. The number of benzene rings is 1. The molecule has 81 valence electrons. The van der Waals surface area contributed by atoms with Gasteiger partial charge in [0, 0.05) is 26.2 Å². The smallest absolute Gasteiger partial charge is 0.0658 e. The zero-order valence-corrected chi connectivity index (χ0v) is 9.61. The molecule has 2 nitrogen and oxygen atoms in total. The normalized spacial score (nSPS) is 19.7. The average molecular weight is 203 g/mol. The Morgan fingerprint density at radius 2 is 1.60 bits per heavy atom. The van der Waals surface area contributed by atoms with Crippen LogP contribution in [0.15, 0.2) is 30.3 Å². The molecule has 2 heteroatoms. The summed E-state index contributed by atoms with van der Waals surface area (Å²) >= 11 is 0. The molecule has 1 aliphatic heterocycles. The first-order chi connectivity index (χ1) is 7.27. The lowest BCUT2D eigenvalue weighted by Crippen LogP contribution is -2.45. The first kappa shape index (κ1) is 10.7. The van der Waals surface area contributed by atoms with Crippen LogP contribution < -0.4 is 0 Å². The van der Waals surface area contributed by atoms with Crippen LogP contribution in [0.25, 0.3) is 0 Å². The Kier molecular flexibility index (Phi) is 3.39. The average Bonchev–Trinajstić information content (AvgIpc) is 2.30. The molecule has 1 aromatic carbocycles. The van der Waals surface area contributed by atoms with E-state index >= 15 is 0 Å². The van der Waals surface area contributed by atoms with E-state index in [-0.39, 0.29) is 0 Å². The quantitative estimate of drug-likeness (QED) is 0.723. The Balaban J connectivity index is 1.99. The molecule has 0 saturated carbocycles. The van der Waals surface area contributed by atoms with Gasteiger partial charge in [-0.3, -0.25) is 4.90 Å². The lowest BCUT2D eigenvalue weighted by molar-refractivity contribution is 0.168. The number of nitrogens with zero attached hydrogens (tertiary/aromatic N) is 2. The van der Waals surface area contributed by atoms with Crippen LogP contribution in [0, 0.1) is 6.04 Å². The summed E-state index contributed by atoms with van der Waals surface area (Å²) in [6.45, 7) is 6.86. The van der Waals surface area contributed by atoms with Crippen LogP contribution in [0.3, 0.4) is 0 Å². The van der Waals surface area contributed by atoms with Crippen LogP contribution in [-0.2, 0) is 0 Å². The topological polar surface area (TPSA) is 6.48 Å². The maximum atomic E-state index is 2.48. The molecule has 1 aliphatic rings. The highest BCUT2D eigenvalue weighted by molar-refractivity contribution is 5.28. The maximum Gasteiger partial charge on any atom is 0.0658 e. The second-order valence-electron chi connectivity index (χ2n) is 4.24. The first-order valence-electron chi connectivity index (χ1n) is 5.60. The molecule has 0 spiro atoms. The summed E-state index contributed by atoms with van der Waals surface area (Å²) < 4.78 is 0. The summed E-state index contributed by atoms with van der Waals surface area (Å²) in [4.78, 5) is 4.87. The fraction of sp³-hybridized carbons (Fsp3) is 0.462. The SMILES string of the molecule is C[C](c1ccccc1)N1CCN(C)CC1. The van der Waals surface area contributed by atoms with Crippen LogP contribution in [0.2, 0.25) is 0 Å². The Morgan fingerprint density at radius 3 is 2.20 bits per heavy atom. The zero-order valence-electron chi connectivity index (χ0n) is 9.61. The van der Waals surface area contributed by atoms with Crippen molar-refractivity contribution in [3.8, 4) is 0 Å². The zero-order chi connectivity index (χ0) is 10.7. The molecule has 1 radical (unpaired) electrons. The minimum atomic E-state index is 1.15. The molecular formula is C13H19N2. The summed E-state index contributed by atoms with van der Waals surface area (Å²) in [5, 5.41) is 0. The molecule has 1 heterocycles. The third-order valence-corrected chi connectivity index (χ3v) is 3.17. The number of likely N-dealkylation sites (N-methyl/N-ethyl adjacent to an activating group) is 1. The summed E-state index contributed by atoms with van der Waals surface area (Å²) in [7, 11) is 2.19. The van der Waals surface area contributed by atoms with Crippen molar-refractivity contribution >= 4 is 0 Å². The first-order valence-corrected chi connectivity index (χ1v) is 5.60. The molecule has 1 saturated heterocycles. The van der Waals surface area contributed by atoms with Crippen LogP contribution >= 0.6 is 0 Å². The third-order valence-electron chi connectivity index (χ3n) is 3.17. The van der Waals surface area contributed by atoms with Crippen molar-refractivity contribution in [3.63, 3.8) is 0 Å². The molecule has 0 aromatic heterocycles. The number of piperazine rings is 1. The maximum absolute atomic E-state index is 2.48. The van der Waals surface area contributed by atoms with Gasteiger partial charge in [0.05, 0.1) is 6.04 Å². The van der Waals surface area contributed by atoms with Crippen molar-refractivity contribution in [1.29, 1.82) is 0 Å². The van der Waals surface area contributed by atoms with E-state index in [0.717, 1.165) is 13.1 Å². The van der Waals surface area contributed by atoms with Crippen molar-refractivity contribution in [2.45, 2.75) is 6.92 Å². The van der Waals surface area contributed by atoms with E-state index in [1.165, 1.54) is 24.7 Å². The van der Waals surface area contributed by atoms with Crippen LogP contribution in [-0.4, -0.2) is 43.0 Å². The molecule has 0 atom stereocenters. The van der Waals surface area contributed by atoms with Crippen LogP contribution in [0.4, 0.5) is 0 Å². The minimum Gasteiger partial charge on any atom is -0.304 e. The molecule has 0 unspecified atom stereocenters. The van der Waals surface area contributed by atoms with Gasteiger partial charge in [0.1, 0.15) is 0 Å². The second kappa shape index (κ2) is 4.77. The van der Waals surface area contributed by atoms with Gasteiger partial charge in [-0.25, -0.2) is 0 Å². The number of hydrogen-bond donors (Lipinski definition) is 0.